The average molecular weight is 400 g/mol. The van der Waals surface area contributed by atoms with Gasteiger partial charge in [0.05, 0.1) is 12.7 Å². The van der Waals surface area contributed by atoms with Gasteiger partial charge >= 0.3 is 5.97 Å². The number of aryl methyl sites for hydroxylation is 1. The molecular formula is C23H29FN2O3. The van der Waals surface area contributed by atoms with Gasteiger partial charge in [0.25, 0.3) is 0 Å². The van der Waals surface area contributed by atoms with Gasteiger partial charge in [0, 0.05) is 24.8 Å². The Kier molecular flexibility index (Phi) is 6.75. The highest BCUT2D eigenvalue weighted by Crippen LogP contribution is 2.32. The van der Waals surface area contributed by atoms with Crippen LogP contribution in [-0.2, 0) is 17.6 Å². The minimum atomic E-state index is -0.292. The lowest BCUT2D eigenvalue weighted by atomic mass is 10.1. The number of carbonyl (C=O) groups excluding carboxylic acids is 1. The van der Waals surface area contributed by atoms with Crippen LogP contribution in [0.2, 0.25) is 0 Å². The van der Waals surface area contributed by atoms with Gasteiger partial charge in [0.15, 0.2) is 0 Å². The molecule has 0 aromatic heterocycles. The lowest BCUT2D eigenvalue weighted by Gasteiger charge is -2.22. The van der Waals surface area contributed by atoms with Crippen molar-refractivity contribution < 1.29 is 19.0 Å². The molecule has 6 heteroatoms. The third-order valence-electron chi connectivity index (χ3n) is 5.75. The zero-order chi connectivity index (χ0) is 21.0. The fourth-order valence-corrected chi connectivity index (χ4v) is 4.17. The Morgan fingerprint density at radius 1 is 1.21 bits per heavy atom. The lowest BCUT2D eigenvalue weighted by Crippen LogP contribution is -2.33. The summed E-state index contributed by atoms with van der Waals surface area (Å²) in [5.74, 6) is -0.477. The molecule has 1 aliphatic heterocycles. The first-order valence-corrected chi connectivity index (χ1v) is 10.0. The van der Waals surface area contributed by atoms with Crippen molar-refractivity contribution in [3.05, 3.63) is 58.4 Å². The van der Waals surface area contributed by atoms with Crippen LogP contribution in [0, 0.1) is 12.7 Å². The van der Waals surface area contributed by atoms with Gasteiger partial charge in [-0.05, 0) is 86.7 Å². The Morgan fingerprint density at radius 2 is 1.93 bits per heavy atom. The molecular weight excluding hydrogens is 371 g/mol. The van der Waals surface area contributed by atoms with Crippen LogP contribution < -0.4 is 5.32 Å². The molecule has 156 valence electrons. The van der Waals surface area contributed by atoms with Gasteiger partial charge < -0.3 is 15.2 Å². The molecule has 1 unspecified atom stereocenters. The number of hydrogen-bond acceptors (Lipinski definition) is 5. The van der Waals surface area contributed by atoms with E-state index in [0.29, 0.717) is 11.6 Å². The van der Waals surface area contributed by atoms with Gasteiger partial charge in [-0.3, -0.25) is 4.90 Å². The molecule has 2 N–H and O–H groups in total. The summed E-state index contributed by atoms with van der Waals surface area (Å²) in [5.41, 5.74) is 4.33. The van der Waals surface area contributed by atoms with Crippen LogP contribution in [0.4, 0.5) is 10.1 Å². The number of methoxy groups -OCH3 is 1. The number of rotatable bonds is 3. The number of anilines is 1. The number of likely N-dealkylation sites (tertiary alicyclic amines) is 1. The first-order valence-electron chi connectivity index (χ1n) is 10.0. The number of benzene rings is 2. The molecule has 1 saturated heterocycles. The number of hydrogen-bond donors (Lipinski definition) is 2. The van der Waals surface area contributed by atoms with Crippen molar-refractivity contribution in [2.45, 2.75) is 38.6 Å². The maximum absolute atomic E-state index is 13.6. The van der Waals surface area contributed by atoms with Crippen molar-refractivity contribution in [3.8, 4) is 5.75 Å². The SMILES string of the molecule is CNc1ccc(C(=O)OC)c(C)c1.Oc1cc(F)c2c(c1)CC(N1CCCC1)C2. The number of esters is 1. The summed E-state index contributed by atoms with van der Waals surface area (Å²) in [6.45, 7) is 4.17. The first-order chi connectivity index (χ1) is 13.9. The van der Waals surface area contributed by atoms with E-state index in [9.17, 15) is 14.3 Å². The van der Waals surface area contributed by atoms with Crippen LogP contribution in [0.25, 0.3) is 0 Å². The van der Waals surface area contributed by atoms with E-state index < -0.39 is 0 Å². The highest BCUT2D eigenvalue weighted by Gasteiger charge is 2.30. The number of nitrogens with one attached hydrogen (secondary N) is 1. The molecule has 0 radical (unpaired) electrons. The standard InChI is InChI=1S/C13H16FNO.C10H13NO2/c14-13-8-11(16)6-9-5-10(7-12(9)13)15-3-1-2-4-15;1-7-6-8(11-2)4-5-9(7)10(12)13-3/h6,8,10,16H,1-5,7H2;4-6,11H,1-3H3. The van der Waals surface area contributed by atoms with E-state index >= 15 is 0 Å². The predicted octanol–water partition coefficient (Wildman–Crippen LogP) is 3.92. The highest BCUT2D eigenvalue weighted by molar-refractivity contribution is 5.91. The smallest absolute Gasteiger partial charge is 0.338 e. The number of phenolic OH excluding ortho intramolecular Hbond substituents is 1. The fraction of sp³-hybridized carbons (Fsp3) is 0.435. The van der Waals surface area contributed by atoms with Crippen molar-refractivity contribution in [2.75, 3.05) is 32.6 Å². The quantitative estimate of drug-likeness (QED) is 0.765. The van der Waals surface area contributed by atoms with Gasteiger partial charge in [-0.15, -0.1) is 0 Å². The van der Waals surface area contributed by atoms with Crippen LogP contribution in [0.1, 0.15) is 39.9 Å². The van der Waals surface area contributed by atoms with Gasteiger partial charge in [0.2, 0.25) is 0 Å². The molecule has 29 heavy (non-hydrogen) atoms. The van der Waals surface area contributed by atoms with E-state index in [2.05, 4.69) is 15.0 Å². The van der Waals surface area contributed by atoms with Gasteiger partial charge in [-0.2, -0.15) is 0 Å². The Hall–Kier alpha value is -2.60. The number of nitrogens with zero attached hydrogens (tertiary/aromatic N) is 1. The number of fused-ring (bicyclic) bond motifs is 1. The average Bonchev–Trinajstić information content (AvgIpc) is 3.37. The third-order valence-corrected chi connectivity index (χ3v) is 5.75. The molecule has 1 atom stereocenters. The summed E-state index contributed by atoms with van der Waals surface area (Å²) in [5, 5.41) is 12.4. The molecule has 0 saturated carbocycles. The van der Waals surface area contributed by atoms with E-state index in [1.54, 1.807) is 12.1 Å². The Balaban J connectivity index is 0.000000170. The molecule has 1 aliphatic carbocycles. The van der Waals surface area contributed by atoms with E-state index in [4.69, 9.17) is 0 Å². The van der Waals surface area contributed by atoms with Crippen LogP contribution in [0.5, 0.6) is 5.75 Å². The molecule has 1 fully saturated rings. The third kappa shape index (κ3) is 4.88. The zero-order valence-electron chi connectivity index (χ0n) is 17.3. The monoisotopic (exact) mass is 400 g/mol. The summed E-state index contributed by atoms with van der Waals surface area (Å²) in [6, 6.07) is 8.91. The van der Waals surface area contributed by atoms with Gasteiger partial charge in [-0.1, -0.05) is 0 Å². The summed E-state index contributed by atoms with van der Waals surface area (Å²) >= 11 is 0. The minimum absolute atomic E-state index is 0.0540. The van der Waals surface area contributed by atoms with Crippen molar-refractivity contribution in [2.24, 2.45) is 0 Å². The van der Waals surface area contributed by atoms with Crippen LogP contribution in [0.3, 0.4) is 0 Å². The second-order valence-electron chi connectivity index (χ2n) is 7.64. The largest absolute Gasteiger partial charge is 0.508 e. The molecule has 0 amide bonds. The maximum atomic E-state index is 13.6. The molecule has 2 aliphatic rings. The van der Waals surface area contributed by atoms with Crippen LogP contribution >= 0.6 is 0 Å². The Morgan fingerprint density at radius 3 is 2.55 bits per heavy atom. The molecule has 2 aromatic rings. The molecule has 4 rings (SSSR count). The molecule has 5 nitrogen and oxygen atoms in total. The van der Waals surface area contributed by atoms with Crippen molar-refractivity contribution >= 4 is 11.7 Å². The zero-order valence-corrected chi connectivity index (χ0v) is 17.3. The molecule has 0 bridgehead atoms. The maximum Gasteiger partial charge on any atom is 0.338 e. The summed E-state index contributed by atoms with van der Waals surface area (Å²) in [4.78, 5) is 13.6. The normalized spacial score (nSPS) is 18.0. The van der Waals surface area contributed by atoms with E-state index in [0.717, 1.165) is 48.3 Å². The van der Waals surface area contributed by atoms with E-state index in [-0.39, 0.29) is 17.5 Å². The molecule has 0 spiro atoms. The van der Waals surface area contributed by atoms with Crippen molar-refractivity contribution in [3.63, 3.8) is 0 Å². The second kappa shape index (κ2) is 9.27. The first kappa shape index (κ1) is 21.1. The van der Waals surface area contributed by atoms with Gasteiger partial charge in [0.1, 0.15) is 11.6 Å². The molecule has 2 aromatic carbocycles. The van der Waals surface area contributed by atoms with Crippen LogP contribution in [0.15, 0.2) is 30.3 Å². The molecule has 1 heterocycles. The number of phenols is 1. The minimum Gasteiger partial charge on any atom is -0.508 e. The lowest BCUT2D eigenvalue weighted by molar-refractivity contribution is 0.0600. The summed E-state index contributed by atoms with van der Waals surface area (Å²) in [6.07, 6.45) is 4.23. The highest BCUT2D eigenvalue weighted by atomic mass is 19.1. The number of ether oxygens (including phenoxy) is 1. The topological polar surface area (TPSA) is 61.8 Å². The van der Waals surface area contributed by atoms with Crippen molar-refractivity contribution in [1.82, 2.24) is 4.90 Å². The van der Waals surface area contributed by atoms with Crippen molar-refractivity contribution in [1.29, 1.82) is 0 Å². The Bertz CT molecular complexity index is 879. The van der Waals surface area contributed by atoms with E-state index in [1.165, 1.54) is 26.0 Å². The fourth-order valence-electron chi connectivity index (χ4n) is 4.17. The second-order valence-corrected chi connectivity index (χ2v) is 7.64. The summed E-state index contributed by atoms with van der Waals surface area (Å²) in [7, 11) is 3.22. The van der Waals surface area contributed by atoms with Crippen LogP contribution in [-0.4, -0.2) is 49.3 Å². The number of aromatic hydroxyl groups is 1. The number of carbonyl (C=O) groups is 1. The Labute approximate surface area is 171 Å². The number of halogens is 1. The summed E-state index contributed by atoms with van der Waals surface area (Å²) < 4.78 is 18.3. The van der Waals surface area contributed by atoms with Gasteiger partial charge in [-0.25, -0.2) is 9.18 Å². The van der Waals surface area contributed by atoms with E-state index in [1.807, 2.05) is 26.1 Å². The predicted molar refractivity (Wildman–Crippen MR) is 112 cm³/mol.